The van der Waals surface area contributed by atoms with Crippen LogP contribution in [0.1, 0.15) is 84.4 Å². The largest absolute Gasteiger partial charge is 0.277 e. The lowest BCUT2D eigenvalue weighted by Gasteiger charge is -2.33. The van der Waals surface area contributed by atoms with Crippen LogP contribution in [-0.4, -0.2) is 23.8 Å². The third-order valence-corrected chi connectivity index (χ3v) is 9.56. The first-order chi connectivity index (χ1) is 17.2. The van der Waals surface area contributed by atoms with E-state index in [1.165, 1.54) is 37.9 Å². The number of hydrogen-bond donors (Lipinski definition) is 0. The van der Waals surface area contributed by atoms with Crippen LogP contribution in [0.4, 0.5) is 0 Å². The Bertz CT molecular complexity index is 1610. The van der Waals surface area contributed by atoms with E-state index in [2.05, 4.69) is 86.1 Å². The molecule has 36 heavy (non-hydrogen) atoms. The Kier molecular flexibility index (Phi) is 5.05. The van der Waals surface area contributed by atoms with Gasteiger partial charge < -0.3 is 0 Å². The Balaban J connectivity index is 1.82. The molecule has 4 aromatic carbocycles. The van der Waals surface area contributed by atoms with Crippen molar-refractivity contribution in [3.63, 3.8) is 0 Å². The number of nitrogens with zero attached hydrogens (tertiary/aromatic N) is 1. The highest BCUT2D eigenvalue weighted by molar-refractivity contribution is 9.09. The van der Waals surface area contributed by atoms with Gasteiger partial charge in [-0.25, -0.2) is 0 Å². The lowest BCUT2D eigenvalue weighted by Crippen LogP contribution is -2.37. The molecule has 4 aromatic rings. The standard InChI is InChI=1S/C32H30BrNO2/c1-6-17-32(4,33)23-15-13-18-19-11-12-21-27-22(30(36)34(5)29(21)35)14-16-25(28(19)27)31(3,7-2)24-10-8-9-20(23)26(18)24/h8-16H,6-7,17H2,1-5H3. The summed E-state index contributed by atoms with van der Waals surface area (Å²) < 4.78 is -0.128. The molecule has 2 amide bonds. The van der Waals surface area contributed by atoms with Gasteiger partial charge in [0.25, 0.3) is 11.8 Å². The molecular weight excluding hydrogens is 510 g/mol. The van der Waals surface area contributed by atoms with Crippen LogP contribution in [0.15, 0.2) is 54.6 Å². The van der Waals surface area contributed by atoms with Gasteiger partial charge in [-0.2, -0.15) is 0 Å². The summed E-state index contributed by atoms with van der Waals surface area (Å²) in [5.74, 6) is -0.461. The molecule has 2 atom stereocenters. The summed E-state index contributed by atoms with van der Waals surface area (Å²) in [4.78, 5) is 27.6. The highest BCUT2D eigenvalue weighted by Crippen LogP contribution is 2.53. The van der Waals surface area contributed by atoms with Crippen molar-refractivity contribution >= 4 is 49.3 Å². The zero-order valence-electron chi connectivity index (χ0n) is 21.5. The Labute approximate surface area is 220 Å². The Morgan fingerprint density at radius 1 is 0.806 bits per heavy atom. The molecule has 0 saturated carbocycles. The normalized spacial score (nSPS) is 20.1. The van der Waals surface area contributed by atoms with Crippen LogP contribution in [0, 0.1) is 0 Å². The predicted molar refractivity (Wildman–Crippen MR) is 151 cm³/mol. The second-order valence-electron chi connectivity index (χ2n) is 10.8. The van der Waals surface area contributed by atoms with Gasteiger partial charge in [-0.3, -0.25) is 14.5 Å². The second-order valence-corrected chi connectivity index (χ2v) is 12.5. The maximum absolute atomic E-state index is 13.2. The third-order valence-electron chi connectivity index (χ3n) is 8.74. The molecule has 0 saturated heterocycles. The van der Waals surface area contributed by atoms with Gasteiger partial charge in [0.15, 0.2) is 0 Å². The Hall–Kier alpha value is -2.98. The van der Waals surface area contributed by atoms with Crippen LogP contribution in [-0.2, 0) is 9.74 Å². The number of halogens is 1. The number of carbonyl (C=O) groups excluding carboxylic acids is 2. The first kappa shape index (κ1) is 23.4. The van der Waals surface area contributed by atoms with Gasteiger partial charge in [0.05, 0.1) is 0 Å². The molecule has 0 aromatic heterocycles. The van der Waals surface area contributed by atoms with Crippen molar-refractivity contribution in [3.05, 3.63) is 82.4 Å². The number of carbonyl (C=O) groups is 2. The van der Waals surface area contributed by atoms with E-state index in [-0.39, 0.29) is 21.6 Å². The van der Waals surface area contributed by atoms with Crippen LogP contribution in [0.25, 0.3) is 32.7 Å². The van der Waals surface area contributed by atoms with E-state index in [4.69, 9.17) is 0 Å². The second kappa shape index (κ2) is 7.76. The van der Waals surface area contributed by atoms with Crippen LogP contribution in [0.5, 0.6) is 0 Å². The van der Waals surface area contributed by atoms with Gasteiger partial charge in [0.2, 0.25) is 0 Å². The first-order valence-electron chi connectivity index (χ1n) is 12.8. The molecular formula is C32H30BrNO2. The smallest absolute Gasteiger partial charge is 0.261 e. The summed E-state index contributed by atoms with van der Waals surface area (Å²) in [6, 6.07) is 19.3. The van der Waals surface area contributed by atoms with E-state index >= 15 is 0 Å². The monoisotopic (exact) mass is 539 g/mol. The van der Waals surface area contributed by atoms with Crippen LogP contribution < -0.4 is 0 Å². The molecule has 0 bridgehead atoms. The van der Waals surface area contributed by atoms with Crippen molar-refractivity contribution < 1.29 is 9.59 Å². The van der Waals surface area contributed by atoms with E-state index in [0.717, 1.165) is 35.6 Å². The number of fused-ring (bicyclic) bond motifs is 1. The molecule has 2 aliphatic rings. The summed E-state index contributed by atoms with van der Waals surface area (Å²) in [6.07, 6.45) is 3.03. The Morgan fingerprint density at radius 2 is 1.39 bits per heavy atom. The third kappa shape index (κ3) is 2.85. The SMILES string of the molecule is CCCC(C)(Br)c1ccc2c3c(cccc13)C(C)(CC)c1ccc3c4c(ccc-2c14)C(=O)N(C)C3=O. The minimum Gasteiger partial charge on any atom is -0.277 e. The molecule has 4 heteroatoms. The van der Waals surface area contributed by atoms with Crippen LogP contribution in [0.2, 0.25) is 0 Å². The first-order valence-corrected chi connectivity index (χ1v) is 13.6. The zero-order valence-corrected chi connectivity index (χ0v) is 23.0. The van der Waals surface area contributed by atoms with Crippen molar-refractivity contribution in [3.8, 4) is 11.1 Å². The fourth-order valence-electron chi connectivity index (χ4n) is 6.67. The molecule has 0 fully saturated rings. The molecule has 1 heterocycles. The lowest BCUT2D eigenvalue weighted by atomic mass is 9.71. The average molecular weight is 541 g/mol. The fraction of sp³-hybridized carbons (Fsp3) is 0.312. The van der Waals surface area contributed by atoms with Crippen LogP contribution in [0.3, 0.4) is 0 Å². The molecule has 0 radical (unpaired) electrons. The van der Waals surface area contributed by atoms with E-state index in [1.807, 2.05) is 12.1 Å². The van der Waals surface area contributed by atoms with E-state index in [1.54, 1.807) is 7.05 Å². The summed E-state index contributed by atoms with van der Waals surface area (Å²) >= 11 is 4.06. The van der Waals surface area contributed by atoms with Gasteiger partial charge in [-0.05, 0) is 75.9 Å². The molecule has 3 nitrogen and oxygen atoms in total. The number of amides is 2. The van der Waals surface area contributed by atoms with Crippen molar-refractivity contribution in [2.75, 3.05) is 7.05 Å². The van der Waals surface area contributed by atoms with E-state index in [9.17, 15) is 9.59 Å². The topological polar surface area (TPSA) is 37.4 Å². The summed E-state index contributed by atoms with van der Waals surface area (Å²) in [5, 5.41) is 4.39. The fourth-order valence-corrected chi connectivity index (χ4v) is 7.41. The average Bonchev–Trinajstić information content (AvgIpc) is 2.96. The number of imide groups is 1. The van der Waals surface area contributed by atoms with Crippen molar-refractivity contribution in [2.24, 2.45) is 0 Å². The van der Waals surface area contributed by atoms with Crippen molar-refractivity contribution in [2.45, 2.75) is 56.7 Å². The van der Waals surface area contributed by atoms with Crippen LogP contribution >= 0.6 is 15.9 Å². The van der Waals surface area contributed by atoms with E-state index < -0.39 is 0 Å². The predicted octanol–water partition coefficient (Wildman–Crippen LogP) is 8.33. The van der Waals surface area contributed by atoms with Gasteiger partial charge in [-0.1, -0.05) is 85.6 Å². The van der Waals surface area contributed by atoms with Gasteiger partial charge >= 0.3 is 0 Å². The molecule has 2 unspecified atom stereocenters. The number of alkyl halides is 1. The van der Waals surface area contributed by atoms with Gasteiger partial charge in [0, 0.05) is 33.3 Å². The number of hydrogen-bond acceptors (Lipinski definition) is 2. The quantitative estimate of drug-likeness (QED) is 0.193. The summed E-state index contributed by atoms with van der Waals surface area (Å²) in [7, 11) is 1.57. The highest BCUT2D eigenvalue weighted by atomic mass is 79.9. The van der Waals surface area contributed by atoms with Crippen molar-refractivity contribution in [1.29, 1.82) is 0 Å². The van der Waals surface area contributed by atoms with Gasteiger partial charge in [-0.15, -0.1) is 0 Å². The molecule has 1 aliphatic carbocycles. The highest BCUT2D eigenvalue weighted by Gasteiger charge is 2.39. The number of rotatable bonds is 4. The molecule has 1 aliphatic heterocycles. The van der Waals surface area contributed by atoms with E-state index in [0.29, 0.717) is 11.1 Å². The molecule has 6 rings (SSSR count). The Morgan fingerprint density at radius 3 is 2.06 bits per heavy atom. The lowest BCUT2D eigenvalue weighted by molar-refractivity contribution is 0.0650. The summed E-state index contributed by atoms with van der Waals surface area (Å²) in [5.41, 5.74) is 7.01. The maximum Gasteiger partial charge on any atom is 0.261 e. The minimum absolute atomic E-state index is 0.128. The maximum atomic E-state index is 13.2. The molecule has 0 spiro atoms. The number of benzene rings is 4. The van der Waals surface area contributed by atoms with Gasteiger partial charge in [0.1, 0.15) is 0 Å². The summed E-state index contributed by atoms with van der Waals surface area (Å²) in [6.45, 7) is 9.04. The molecule has 182 valence electrons. The zero-order chi connectivity index (χ0) is 25.6. The molecule has 0 N–H and O–H groups in total. The minimum atomic E-state index is -0.280. The van der Waals surface area contributed by atoms with Crippen molar-refractivity contribution in [1.82, 2.24) is 4.90 Å².